The van der Waals surface area contributed by atoms with Crippen molar-refractivity contribution in [3.63, 3.8) is 0 Å². The Bertz CT molecular complexity index is 176. The van der Waals surface area contributed by atoms with Crippen LogP contribution in [-0.4, -0.2) is 46.2 Å². The summed E-state index contributed by atoms with van der Waals surface area (Å²) in [5.74, 6) is 0.207. The number of nitrogens with one attached hydrogen (secondary N) is 1. The van der Waals surface area contributed by atoms with E-state index in [1.165, 1.54) is 0 Å². The largest absolute Gasteiger partial charge is 0.411 e. The van der Waals surface area contributed by atoms with Crippen molar-refractivity contribution < 1.29 is 22.6 Å². The number of rotatable bonds is 8. The maximum absolute atomic E-state index is 11.8. The number of ether oxygens (including phenoxy) is 2. The Labute approximate surface area is 94.3 Å². The van der Waals surface area contributed by atoms with Gasteiger partial charge in [0, 0.05) is 19.8 Å². The summed E-state index contributed by atoms with van der Waals surface area (Å²) in [7, 11) is 3.31. The lowest BCUT2D eigenvalue weighted by Gasteiger charge is -2.23. The maximum atomic E-state index is 11.8. The van der Waals surface area contributed by atoms with Gasteiger partial charge in [-0.1, -0.05) is 6.92 Å². The average Bonchev–Trinajstić information content (AvgIpc) is 2.19. The number of alkyl halides is 3. The first kappa shape index (κ1) is 15.7. The van der Waals surface area contributed by atoms with Crippen LogP contribution in [0, 0.1) is 5.92 Å². The minimum absolute atomic E-state index is 0.0564. The van der Waals surface area contributed by atoms with Crippen LogP contribution in [0.4, 0.5) is 13.2 Å². The van der Waals surface area contributed by atoms with Crippen LogP contribution >= 0.6 is 0 Å². The zero-order valence-electron chi connectivity index (χ0n) is 9.93. The number of methoxy groups -OCH3 is 1. The molecule has 0 rings (SSSR count). The minimum atomic E-state index is -4.26. The molecule has 0 aromatic carbocycles. The lowest BCUT2D eigenvalue weighted by atomic mass is 9.99. The van der Waals surface area contributed by atoms with Crippen LogP contribution in [0.2, 0.25) is 0 Å². The van der Waals surface area contributed by atoms with Gasteiger partial charge in [-0.3, -0.25) is 0 Å². The van der Waals surface area contributed by atoms with Crippen molar-refractivity contribution >= 4 is 0 Å². The van der Waals surface area contributed by atoms with E-state index in [9.17, 15) is 13.2 Å². The van der Waals surface area contributed by atoms with E-state index in [-0.39, 0.29) is 18.6 Å². The van der Waals surface area contributed by atoms with Gasteiger partial charge in [-0.15, -0.1) is 0 Å². The molecule has 0 aliphatic rings. The molecule has 0 spiro atoms. The van der Waals surface area contributed by atoms with Gasteiger partial charge in [0.15, 0.2) is 0 Å². The average molecular weight is 243 g/mol. The van der Waals surface area contributed by atoms with Crippen molar-refractivity contribution in [1.29, 1.82) is 0 Å². The molecule has 1 N–H and O–H groups in total. The van der Waals surface area contributed by atoms with Crippen LogP contribution in [0.25, 0.3) is 0 Å². The Morgan fingerprint density at radius 1 is 1.31 bits per heavy atom. The predicted molar refractivity (Wildman–Crippen MR) is 55.4 cm³/mol. The zero-order chi connectivity index (χ0) is 12.6. The molecule has 0 fully saturated rings. The fraction of sp³-hybridized carbons (Fsp3) is 1.00. The molecular weight excluding hydrogens is 223 g/mol. The third-order valence-corrected chi connectivity index (χ3v) is 2.40. The van der Waals surface area contributed by atoms with E-state index in [2.05, 4.69) is 10.1 Å². The summed E-state index contributed by atoms with van der Waals surface area (Å²) in [6.45, 7) is 1.42. The monoisotopic (exact) mass is 243 g/mol. The predicted octanol–water partition coefficient (Wildman–Crippen LogP) is 1.83. The first-order valence-corrected chi connectivity index (χ1v) is 5.21. The summed E-state index contributed by atoms with van der Waals surface area (Å²) in [6, 6.07) is -0.0856. The molecule has 0 heterocycles. The molecule has 6 heteroatoms. The highest BCUT2D eigenvalue weighted by atomic mass is 19.4. The molecule has 0 radical (unpaired) electrons. The number of halogens is 3. The Morgan fingerprint density at radius 2 is 1.94 bits per heavy atom. The Morgan fingerprint density at radius 3 is 2.38 bits per heavy atom. The SMILES string of the molecule is CNC(COCC(F)(F)F)C(C)CCOC. The van der Waals surface area contributed by atoms with Crippen LogP contribution in [-0.2, 0) is 9.47 Å². The molecule has 98 valence electrons. The van der Waals surface area contributed by atoms with Crippen molar-refractivity contribution in [1.82, 2.24) is 5.32 Å². The lowest BCUT2D eigenvalue weighted by Crippen LogP contribution is -2.38. The molecular formula is C10H20F3NO2. The van der Waals surface area contributed by atoms with E-state index < -0.39 is 12.8 Å². The third-order valence-electron chi connectivity index (χ3n) is 2.40. The Balaban J connectivity index is 3.81. The molecule has 0 aromatic rings. The first-order chi connectivity index (χ1) is 7.40. The Hall–Kier alpha value is -0.330. The van der Waals surface area contributed by atoms with Gasteiger partial charge in [-0.2, -0.15) is 13.2 Å². The van der Waals surface area contributed by atoms with Gasteiger partial charge in [0.1, 0.15) is 6.61 Å². The second-order valence-corrected chi connectivity index (χ2v) is 3.78. The summed E-state index contributed by atoms with van der Waals surface area (Å²) in [4.78, 5) is 0. The highest BCUT2D eigenvalue weighted by molar-refractivity contribution is 4.71. The molecule has 0 aliphatic heterocycles. The summed E-state index contributed by atoms with van der Waals surface area (Å²) < 4.78 is 45.1. The molecule has 0 saturated heterocycles. The lowest BCUT2D eigenvalue weighted by molar-refractivity contribution is -0.176. The molecule has 2 unspecified atom stereocenters. The van der Waals surface area contributed by atoms with Crippen LogP contribution in [0.3, 0.4) is 0 Å². The number of hydrogen-bond acceptors (Lipinski definition) is 3. The number of likely N-dealkylation sites (N-methyl/N-ethyl adjacent to an activating group) is 1. The van der Waals surface area contributed by atoms with Gasteiger partial charge in [0.25, 0.3) is 0 Å². The van der Waals surface area contributed by atoms with Gasteiger partial charge in [-0.05, 0) is 19.4 Å². The van der Waals surface area contributed by atoms with E-state index in [1.54, 1.807) is 14.2 Å². The van der Waals surface area contributed by atoms with Crippen LogP contribution in [0.5, 0.6) is 0 Å². The topological polar surface area (TPSA) is 30.5 Å². The van der Waals surface area contributed by atoms with Gasteiger partial charge in [0.2, 0.25) is 0 Å². The first-order valence-electron chi connectivity index (χ1n) is 5.21. The molecule has 2 atom stereocenters. The van der Waals surface area contributed by atoms with Gasteiger partial charge >= 0.3 is 6.18 Å². The fourth-order valence-corrected chi connectivity index (χ4v) is 1.34. The highest BCUT2D eigenvalue weighted by Crippen LogP contribution is 2.15. The van der Waals surface area contributed by atoms with Crippen LogP contribution in [0.1, 0.15) is 13.3 Å². The van der Waals surface area contributed by atoms with Crippen molar-refractivity contribution in [2.75, 3.05) is 34.0 Å². The highest BCUT2D eigenvalue weighted by Gasteiger charge is 2.28. The summed E-state index contributed by atoms with van der Waals surface area (Å²) in [5, 5.41) is 2.95. The molecule has 0 aliphatic carbocycles. The normalized spacial score (nSPS) is 16.1. The second kappa shape index (κ2) is 7.86. The van der Waals surface area contributed by atoms with Crippen molar-refractivity contribution in [3.8, 4) is 0 Å². The van der Waals surface area contributed by atoms with E-state index in [0.717, 1.165) is 6.42 Å². The van der Waals surface area contributed by atoms with Crippen molar-refractivity contribution in [2.24, 2.45) is 5.92 Å². The van der Waals surface area contributed by atoms with E-state index in [1.807, 2.05) is 6.92 Å². The summed E-state index contributed by atoms with van der Waals surface area (Å²) >= 11 is 0. The third kappa shape index (κ3) is 7.90. The van der Waals surface area contributed by atoms with Crippen molar-refractivity contribution in [3.05, 3.63) is 0 Å². The quantitative estimate of drug-likeness (QED) is 0.705. The molecule has 0 bridgehead atoms. The van der Waals surface area contributed by atoms with Crippen LogP contribution < -0.4 is 5.32 Å². The fourth-order valence-electron chi connectivity index (χ4n) is 1.34. The maximum Gasteiger partial charge on any atom is 0.411 e. The van der Waals surface area contributed by atoms with E-state index >= 15 is 0 Å². The molecule has 3 nitrogen and oxygen atoms in total. The Kier molecular flexibility index (Phi) is 7.70. The van der Waals surface area contributed by atoms with Gasteiger partial charge < -0.3 is 14.8 Å². The molecule has 0 aromatic heterocycles. The van der Waals surface area contributed by atoms with Crippen molar-refractivity contribution in [2.45, 2.75) is 25.6 Å². The summed E-state index contributed by atoms with van der Waals surface area (Å²) in [6.07, 6.45) is -3.47. The number of hydrogen-bond donors (Lipinski definition) is 1. The smallest absolute Gasteiger partial charge is 0.385 e. The van der Waals surface area contributed by atoms with E-state index in [0.29, 0.717) is 6.61 Å². The summed E-state index contributed by atoms with van der Waals surface area (Å²) in [5.41, 5.74) is 0. The molecule has 16 heavy (non-hydrogen) atoms. The molecule has 0 saturated carbocycles. The minimum Gasteiger partial charge on any atom is -0.385 e. The second-order valence-electron chi connectivity index (χ2n) is 3.78. The van der Waals surface area contributed by atoms with Gasteiger partial charge in [0.05, 0.1) is 6.61 Å². The molecule has 0 amide bonds. The van der Waals surface area contributed by atoms with Crippen LogP contribution in [0.15, 0.2) is 0 Å². The zero-order valence-corrected chi connectivity index (χ0v) is 9.93. The van der Waals surface area contributed by atoms with E-state index in [4.69, 9.17) is 4.74 Å². The standard InChI is InChI=1S/C10H20F3NO2/c1-8(4-5-15-3)9(14-2)6-16-7-10(11,12)13/h8-9,14H,4-7H2,1-3H3. The van der Waals surface area contributed by atoms with Gasteiger partial charge in [-0.25, -0.2) is 0 Å².